The van der Waals surface area contributed by atoms with Gasteiger partial charge in [-0.1, -0.05) is 36.9 Å². The number of hydrogen-bond donors (Lipinski definition) is 0. The fourth-order valence-corrected chi connectivity index (χ4v) is 4.48. The van der Waals surface area contributed by atoms with Gasteiger partial charge < -0.3 is 14.2 Å². The summed E-state index contributed by atoms with van der Waals surface area (Å²) in [5, 5.41) is 0. The quantitative estimate of drug-likeness (QED) is 0.742. The molecule has 0 aromatic heterocycles. The van der Waals surface area contributed by atoms with Crippen LogP contribution in [-0.2, 0) is 4.74 Å². The molecule has 2 heterocycles. The third-order valence-electron chi connectivity index (χ3n) is 4.54. The SMILES string of the molecule is CCC1=C(C2CO2)c2cc(OC)c(OC)cc2Sc2ccccc21. The van der Waals surface area contributed by atoms with Gasteiger partial charge in [-0.3, -0.25) is 0 Å². The molecule has 4 rings (SSSR count). The fraction of sp³-hybridized carbons (Fsp3) is 0.300. The minimum atomic E-state index is 0.184. The van der Waals surface area contributed by atoms with Crippen LogP contribution in [0.25, 0.3) is 11.1 Å². The summed E-state index contributed by atoms with van der Waals surface area (Å²) in [7, 11) is 3.36. The maximum absolute atomic E-state index is 5.70. The van der Waals surface area contributed by atoms with Gasteiger partial charge in [0, 0.05) is 9.79 Å². The Morgan fingerprint density at radius 1 is 1.04 bits per heavy atom. The number of benzene rings is 2. The Labute approximate surface area is 146 Å². The van der Waals surface area contributed by atoms with Crippen molar-refractivity contribution in [2.75, 3.05) is 20.8 Å². The smallest absolute Gasteiger partial charge is 0.161 e. The Kier molecular flexibility index (Phi) is 4.02. The number of methoxy groups -OCH3 is 2. The van der Waals surface area contributed by atoms with Gasteiger partial charge in [0.05, 0.1) is 20.8 Å². The van der Waals surface area contributed by atoms with E-state index >= 15 is 0 Å². The molecule has 0 bridgehead atoms. The molecule has 1 saturated heterocycles. The maximum Gasteiger partial charge on any atom is 0.161 e. The molecule has 4 heteroatoms. The highest BCUT2D eigenvalue weighted by Crippen LogP contribution is 2.50. The second-order valence-electron chi connectivity index (χ2n) is 5.87. The Morgan fingerprint density at radius 2 is 1.75 bits per heavy atom. The van der Waals surface area contributed by atoms with Crippen molar-refractivity contribution in [3.8, 4) is 11.5 Å². The number of epoxide rings is 1. The Hall–Kier alpha value is -1.91. The van der Waals surface area contributed by atoms with E-state index in [0.717, 1.165) is 24.5 Å². The lowest BCUT2D eigenvalue weighted by atomic mass is 9.91. The zero-order valence-corrected chi connectivity index (χ0v) is 14.9. The highest BCUT2D eigenvalue weighted by molar-refractivity contribution is 7.99. The molecule has 2 aromatic carbocycles. The Morgan fingerprint density at radius 3 is 2.42 bits per heavy atom. The summed E-state index contributed by atoms with van der Waals surface area (Å²) in [4.78, 5) is 2.47. The summed E-state index contributed by atoms with van der Waals surface area (Å²) in [5.41, 5.74) is 5.18. The predicted octanol–water partition coefficient (Wildman–Crippen LogP) is 4.89. The topological polar surface area (TPSA) is 31.0 Å². The first-order chi connectivity index (χ1) is 11.8. The summed E-state index contributed by atoms with van der Waals surface area (Å²) in [6.07, 6.45) is 1.16. The minimum absolute atomic E-state index is 0.184. The number of fused-ring (bicyclic) bond motifs is 2. The van der Waals surface area contributed by atoms with Crippen LogP contribution in [0.3, 0.4) is 0 Å². The van der Waals surface area contributed by atoms with E-state index in [1.54, 1.807) is 26.0 Å². The van der Waals surface area contributed by atoms with Gasteiger partial charge in [0.2, 0.25) is 0 Å². The molecule has 0 amide bonds. The van der Waals surface area contributed by atoms with Crippen molar-refractivity contribution in [2.45, 2.75) is 29.2 Å². The van der Waals surface area contributed by atoms with E-state index in [0.29, 0.717) is 0 Å². The van der Waals surface area contributed by atoms with Crippen molar-refractivity contribution in [1.29, 1.82) is 0 Å². The van der Waals surface area contributed by atoms with E-state index in [1.807, 2.05) is 0 Å². The number of allylic oxidation sites excluding steroid dienone is 1. The Balaban J connectivity index is 2.02. The second-order valence-corrected chi connectivity index (χ2v) is 6.95. The summed E-state index contributed by atoms with van der Waals surface area (Å²) < 4.78 is 16.7. The zero-order valence-electron chi connectivity index (χ0n) is 14.1. The predicted molar refractivity (Wildman–Crippen MR) is 97.0 cm³/mol. The van der Waals surface area contributed by atoms with E-state index in [2.05, 4.69) is 43.3 Å². The van der Waals surface area contributed by atoms with Crippen LogP contribution in [0.1, 0.15) is 24.5 Å². The molecule has 1 unspecified atom stereocenters. The van der Waals surface area contributed by atoms with E-state index in [4.69, 9.17) is 14.2 Å². The van der Waals surface area contributed by atoms with Gasteiger partial charge in [-0.05, 0) is 46.9 Å². The van der Waals surface area contributed by atoms with E-state index in [-0.39, 0.29) is 6.10 Å². The van der Waals surface area contributed by atoms with Gasteiger partial charge in [-0.2, -0.15) is 0 Å². The molecular formula is C20H20O3S. The standard InChI is InChI=1S/C20H20O3S/c1-4-12-13-7-5-6-8-18(13)24-19-10-16(22-3)15(21-2)9-14(19)20(12)17-11-23-17/h5-10,17H,4,11H2,1-3H3. The summed E-state index contributed by atoms with van der Waals surface area (Å²) >= 11 is 1.79. The lowest BCUT2D eigenvalue weighted by molar-refractivity contribution is 0.354. The molecule has 3 nitrogen and oxygen atoms in total. The summed E-state index contributed by atoms with van der Waals surface area (Å²) in [5.74, 6) is 1.52. The van der Waals surface area contributed by atoms with Gasteiger partial charge in [0.15, 0.2) is 11.5 Å². The third-order valence-corrected chi connectivity index (χ3v) is 5.68. The average molecular weight is 340 g/mol. The first-order valence-electron chi connectivity index (χ1n) is 8.15. The molecule has 0 spiro atoms. The van der Waals surface area contributed by atoms with Crippen molar-refractivity contribution in [3.05, 3.63) is 47.5 Å². The van der Waals surface area contributed by atoms with E-state index < -0.39 is 0 Å². The van der Waals surface area contributed by atoms with Crippen molar-refractivity contribution in [2.24, 2.45) is 0 Å². The van der Waals surface area contributed by atoms with Crippen LogP contribution in [0, 0.1) is 0 Å². The summed E-state index contributed by atoms with van der Waals surface area (Å²) in [6.45, 7) is 3.00. The Bertz CT molecular complexity index is 822. The molecular weight excluding hydrogens is 320 g/mol. The van der Waals surface area contributed by atoms with Crippen molar-refractivity contribution in [3.63, 3.8) is 0 Å². The molecule has 0 N–H and O–H groups in total. The average Bonchev–Trinajstić information content (AvgIpc) is 3.45. The van der Waals surface area contributed by atoms with Crippen molar-refractivity contribution < 1.29 is 14.2 Å². The van der Waals surface area contributed by atoms with E-state index in [1.165, 1.54) is 32.1 Å². The van der Waals surface area contributed by atoms with Crippen LogP contribution in [0.2, 0.25) is 0 Å². The first-order valence-corrected chi connectivity index (χ1v) is 8.96. The van der Waals surface area contributed by atoms with Crippen LogP contribution < -0.4 is 9.47 Å². The number of rotatable bonds is 4. The molecule has 2 aromatic rings. The minimum Gasteiger partial charge on any atom is -0.493 e. The number of hydrogen-bond acceptors (Lipinski definition) is 4. The first kappa shape index (κ1) is 15.6. The molecule has 124 valence electrons. The molecule has 1 fully saturated rings. The van der Waals surface area contributed by atoms with Crippen LogP contribution in [0.4, 0.5) is 0 Å². The third kappa shape index (κ3) is 2.50. The van der Waals surface area contributed by atoms with Crippen LogP contribution in [-0.4, -0.2) is 26.9 Å². The van der Waals surface area contributed by atoms with Gasteiger partial charge in [0.1, 0.15) is 6.10 Å². The second kappa shape index (κ2) is 6.19. The number of ether oxygens (including phenoxy) is 3. The molecule has 0 saturated carbocycles. The molecule has 24 heavy (non-hydrogen) atoms. The van der Waals surface area contributed by atoms with Gasteiger partial charge >= 0.3 is 0 Å². The molecule has 2 aliphatic heterocycles. The monoisotopic (exact) mass is 340 g/mol. The lowest BCUT2D eigenvalue weighted by Gasteiger charge is -2.16. The van der Waals surface area contributed by atoms with Gasteiger partial charge in [-0.25, -0.2) is 0 Å². The van der Waals surface area contributed by atoms with Crippen LogP contribution >= 0.6 is 11.8 Å². The van der Waals surface area contributed by atoms with Gasteiger partial charge in [0.25, 0.3) is 0 Å². The largest absolute Gasteiger partial charge is 0.493 e. The van der Waals surface area contributed by atoms with Crippen LogP contribution in [0.5, 0.6) is 11.5 Å². The van der Waals surface area contributed by atoms with Gasteiger partial charge in [-0.15, -0.1) is 0 Å². The summed E-state index contributed by atoms with van der Waals surface area (Å²) in [6, 6.07) is 12.8. The molecule has 2 aliphatic rings. The normalized spacial score (nSPS) is 18.5. The highest BCUT2D eigenvalue weighted by atomic mass is 32.2. The van der Waals surface area contributed by atoms with E-state index in [9.17, 15) is 0 Å². The molecule has 0 aliphatic carbocycles. The molecule has 1 atom stereocenters. The maximum atomic E-state index is 5.70. The van der Waals surface area contributed by atoms with Crippen molar-refractivity contribution in [1.82, 2.24) is 0 Å². The van der Waals surface area contributed by atoms with Crippen molar-refractivity contribution >= 4 is 22.9 Å². The lowest BCUT2D eigenvalue weighted by Crippen LogP contribution is -2.00. The fourth-order valence-electron chi connectivity index (χ4n) is 3.35. The molecule has 0 radical (unpaired) electrons. The zero-order chi connectivity index (χ0) is 16.7. The van der Waals surface area contributed by atoms with Crippen LogP contribution in [0.15, 0.2) is 46.2 Å². The highest BCUT2D eigenvalue weighted by Gasteiger charge is 2.35.